The fourth-order valence-electron chi connectivity index (χ4n) is 2.16. The van der Waals surface area contributed by atoms with Gasteiger partial charge in [-0.3, -0.25) is 15.5 Å². The van der Waals surface area contributed by atoms with E-state index in [1.807, 2.05) is 6.21 Å². The molecule has 96 valence electrons. The van der Waals surface area contributed by atoms with Crippen molar-refractivity contribution in [2.75, 3.05) is 5.43 Å². The first-order chi connectivity index (χ1) is 8.75. The van der Waals surface area contributed by atoms with E-state index in [-0.39, 0.29) is 5.69 Å². The molecule has 0 spiro atoms. The number of hydrogen-bond donors (Lipinski definition) is 1. The van der Waals surface area contributed by atoms with E-state index < -0.39 is 4.92 Å². The molecule has 1 aliphatic rings. The van der Waals surface area contributed by atoms with Gasteiger partial charge >= 0.3 is 0 Å². The van der Waals surface area contributed by atoms with E-state index in [1.165, 1.54) is 44.2 Å². The third kappa shape index (κ3) is 3.55. The van der Waals surface area contributed by atoms with Crippen LogP contribution in [0.25, 0.3) is 0 Å². The van der Waals surface area contributed by atoms with Crippen LogP contribution in [0, 0.1) is 16.0 Å². The van der Waals surface area contributed by atoms with E-state index >= 15 is 0 Å². The summed E-state index contributed by atoms with van der Waals surface area (Å²) < 4.78 is 0. The van der Waals surface area contributed by atoms with Crippen LogP contribution in [0.5, 0.6) is 0 Å². The summed E-state index contributed by atoms with van der Waals surface area (Å²) in [4.78, 5) is 10.1. The number of hydrogen-bond acceptors (Lipinski definition) is 4. The monoisotopic (exact) mass is 247 g/mol. The molecule has 0 saturated heterocycles. The maximum atomic E-state index is 10.5. The second-order valence-corrected chi connectivity index (χ2v) is 4.59. The largest absolute Gasteiger partial charge is 0.279 e. The molecular formula is C13H17N3O2. The van der Waals surface area contributed by atoms with Gasteiger partial charge in [0, 0.05) is 18.3 Å². The van der Waals surface area contributed by atoms with Crippen LogP contribution in [0.4, 0.5) is 11.4 Å². The van der Waals surface area contributed by atoms with Crippen molar-refractivity contribution >= 4 is 17.6 Å². The topological polar surface area (TPSA) is 67.5 Å². The van der Waals surface area contributed by atoms with E-state index in [2.05, 4.69) is 10.5 Å². The van der Waals surface area contributed by atoms with E-state index in [0.717, 1.165) is 5.69 Å². The molecule has 1 saturated carbocycles. The number of nitro groups is 1. The molecule has 1 aromatic rings. The molecule has 1 N–H and O–H groups in total. The van der Waals surface area contributed by atoms with Crippen LogP contribution in [-0.4, -0.2) is 11.1 Å². The van der Waals surface area contributed by atoms with Gasteiger partial charge in [0.05, 0.1) is 10.6 Å². The quantitative estimate of drug-likeness (QED) is 0.502. The number of benzene rings is 1. The molecule has 0 heterocycles. The third-order valence-corrected chi connectivity index (χ3v) is 3.21. The maximum Gasteiger partial charge on any atom is 0.269 e. The smallest absolute Gasteiger partial charge is 0.269 e. The van der Waals surface area contributed by atoms with Gasteiger partial charge in [0.2, 0.25) is 0 Å². The first kappa shape index (κ1) is 12.5. The van der Waals surface area contributed by atoms with Crippen molar-refractivity contribution in [1.82, 2.24) is 0 Å². The van der Waals surface area contributed by atoms with E-state index in [1.54, 1.807) is 12.1 Å². The molecule has 0 bridgehead atoms. The van der Waals surface area contributed by atoms with Gasteiger partial charge in [0.15, 0.2) is 0 Å². The Labute approximate surface area is 106 Å². The van der Waals surface area contributed by atoms with Gasteiger partial charge in [-0.2, -0.15) is 5.10 Å². The summed E-state index contributed by atoms with van der Waals surface area (Å²) in [5.74, 6) is 0.573. The summed E-state index contributed by atoms with van der Waals surface area (Å²) >= 11 is 0. The van der Waals surface area contributed by atoms with E-state index in [0.29, 0.717) is 5.92 Å². The molecule has 1 fully saturated rings. The van der Waals surface area contributed by atoms with Gasteiger partial charge in [-0.15, -0.1) is 0 Å². The van der Waals surface area contributed by atoms with Crippen molar-refractivity contribution in [1.29, 1.82) is 0 Å². The number of anilines is 1. The van der Waals surface area contributed by atoms with Crippen molar-refractivity contribution in [3.05, 3.63) is 34.4 Å². The summed E-state index contributed by atoms with van der Waals surface area (Å²) in [6, 6.07) is 6.27. The van der Waals surface area contributed by atoms with Gasteiger partial charge in [0.1, 0.15) is 0 Å². The standard InChI is InChI=1S/C13H17N3O2/c17-16(18)13-8-6-12(7-9-13)15-14-10-11-4-2-1-3-5-11/h6-11,15H,1-5H2/b14-10-. The predicted octanol–water partition coefficient (Wildman–Crippen LogP) is 3.57. The highest BCUT2D eigenvalue weighted by molar-refractivity contribution is 5.62. The number of rotatable bonds is 4. The van der Waals surface area contributed by atoms with Crippen LogP contribution in [0.15, 0.2) is 29.4 Å². The van der Waals surface area contributed by atoms with Crippen LogP contribution in [0.1, 0.15) is 32.1 Å². The van der Waals surface area contributed by atoms with E-state index in [9.17, 15) is 10.1 Å². The zero-order chi connectivity index (χ0) is 12.8. The van der Waals surface area contributed by atoms with Crippen LogP contribution in [0.3, 0.4) is 0 Å². The van der Waals surface area contributed by atoms with Crippen LogP contribution in [-0.2, 0) is 0 Å². The van der Waals surface area contributed by atoms with Crippen molar-refractivity contribution in [2.24, 2.45) is 11.0 Å². The fourth-order valence-corrected chi connectivity index (χ4v) is 2.16. The Morgan fingerprint density at radius 3 is 2.50 bits per heavy atom. The summed E-state index contributed by atoms with van der Waals surface area (Å²) in [5, 5.41) is 14.7. The summed E-state index contributed by atoms with van der Waals surface area (Å²) in [5.41, 5.74) is 3.77. The van der Waals surface area contributed by atoms with Gasteiger partial charge in [-0.1, -0.05) is 19.3 Å². The molecule has 5 nitrogen and oxygen atoms in total. The van der Waals surface area contributed by atoms with Crippen molar-refractivity contribution in [3.8, 4) is 0 Å². The van der Waals surface area contributed by atoms with Crippen LogP contribution in [0.2, 0.25) is 0 Å². The van der Waals surface area contributed by atoms with Crippen molar-refractivity contribution in [3.63, 3.8) is 0 Å². The van der Waals surface area contributed by atoms with Crippen LogP contribution < -0.4 is 5.43 Å². The Balaban J connectivity index is 1.85. The second-order valence-electron chi connectivity index (χ2n) is 4.59. The van der Waals surface area contributed by atoms with E-state index in [4.69, 9.17) is 0 Å². The Kier molecular flexibility index (Phi) is 4.28. The number of nitrogens with zero attached hydrogens (tertiary/aromatic N) is 2. The normalized spacial score (nSPS) is 16.9. The first-order valence-electron chi connectivity index (χ1n) is 6.29. The Hall–Kier alpha value is -1.91. The average molecular weight is 247 g/mol. The summed E-state index contributed by atoms with van der Waals surface area (Å²) in [6.07, 6.45) is 8.29. The summed E-state index contributed by atoms with van der Waals surface area (Å²) in [7, 11) is 0. The first-order valence-corrected chi connectivity index (χ1v) is 6.29. The van der Waals surface area contributed by atoms with Crippen molar-refractivity contribution in [2.45, 2.75) is 32.1 Å². The lowest BCUT2D eigenvalue weighted by Gasteiger charge is -2.16. The molecular weight excluding hydrogens is 230 g/mol. The van der Waals surface area contributed by atoms with Gasteiger partial charge in [-0.25, -0.2) is 0 Å². The Morgan fingerprint density at radius 1 is 1.22 bits per heavy atom. The molecule has 0 atom stereocenters. The van der Waals surface area contributed by atoms with Gasteiger partial charge in [-0.05, 0) is 30.9 Å². The minimum atomic E-state index is -0.408. The highest BCUT2D eigenvalue weighted by Crippen LogP contribution is 2.22. The van der Waals surface area contributed by atoms with Crippen LogP contribution >= 0.6 is 0 Å². The zero-order valence-corrected chi connectivity index (χ0v) is 10.2. The molecule has 2 rings (SSSR count). The number of non-ortho nitro benzene ring substituents is 1. The molecule has 5 heteroatoms. The molecule has 1 aromatic carbocycles. The van der Waals surface area contributed by atoms with Crippen molar-refractivity contribution < 1.29 is 4.92 Å². The molecule has 0 aromatic heterocycles. The number of nitrogens with one attached hydrogen (secondary N) is 1. The lowest BCUT2D eigenvalue weighted by Crippen LogP contribution is -2.08. The summed E-state index contributed by atoms with van der Waals surface area (Å²) in [6.45, 7) is 0. The number of hydrazone groups is 1. The molecule has 1 aliphatic carbocycles. The lowest BCUT2D eigenvalue weighted by atomic mass is 9.90. The average Bonchev–Trinajstić information content (AvgIpc) is 2.40. The third-order valence-electron chi connectivity index (χ3n) is 3.21. The highest BCUT2D eigenvalue weighted by atomic mass is 16.6. The predicted molar refractivity (Wildman–Crippen MR) is 71.8 cm³/mol. The fraction of sp³-hybridized carbons (Fsp3) is 0.462. The SMILES string of the molecule is O=[N+]([O-])c1ccc(N/N=C\C2CCCCC2)cc1. The Bertz CT molecular complexity index is 422. The maximum absolute atomic E-state index is 10.5. The molecule has 18 heavy (non-hydrogen) atoms. The lowest BCUT2D eigenvalue weighted by molar-refractivity contribution is -0.384. The molecule has 0 amide bonds. The Morgan fingerprint density at radius 2 is 1.89 bits per heavy atom. The molecule has 0 aliphatic heterocycles. The van der Waals surface area contributed by atoms with Gasteiger partial charge in [0.25, 0.3) is 5.69 Å². The minimum Gasteiger partial charge on any atom is -0.279 e. The highest BCUT2D eigenvalue weighted by Gasteiger charge is 2.10. The zero-order valence-electron chi connectivity index (χ0n) is 10.2. The minimum absolute atomic E-state index is 0.0943. The molecule has 0 radical (unpaired) electrons. The second kappa shape index (κ2) is 6.14. The van der Waals surface area contributed by atoms with Gasteiger partial charge < -0.3 is 0 Å². The number of nitro benzene ring substituents is 1. The molecule has 0 unspecified atom stereocenters.